The molecule has 0 fully saturated rings. The van der Waals surface area contributed by atoms with Crippen molar-refractivity contribution in [1.29, 1.82) is 0 Å². The largest absolute Gasteiger partial charge is 0.398 e. The van der Waals surface area contributed by atoms with Crippen molar-refractivity contribution in [3.63, 3.8) is 0 Å². The molecule has 2 aromatic carbocycles. The van der Waals surface area contributed by atoms with Gasteiger partial charge in [0.2, 0.25) is 0 Å². The van der Waals surface area contributed by atoms with Gasteiger partial charge in [-0.3, -0.25) is 0 Å². The van der Waals surface area contributed by atoms with Crippen LogP contribution in [0.15, 0.2) is 73.3 Å². The second-order valence-electron chi connectivity index (χ2n) is 7.23. The van der Waals surface area contributed by atoms with E-state index in [1.807, 2.05) is 36.4 Å². The maximum absolute atomic E-state index is 10.2. The number of hydrogen-bond donors (Lipinski definition) is 2. The zero-order chi connectivity index (χ0) is 18.5. The molecule has 0 aromatic heterocycles. The van der Waals surface area contributed by atoms with E-state index in [0.717, 1.165) is 10.4 Å². The van der Waals surface area contributed by atoms with E-state index in [2.05, 4.69) is 51.6 Å². The van der Waals surface area contributed by atoms with Crippen LogP contribution in [0.2, 0.25) is 5.04 Å². The normalized spacial score (nSPS) is 14.8. The lowest BCUT2D eigenvalue weighted by molar-refractivity contribution is 0.0169. The summed E-state index contributed by atoms with van der Waals surface area (Å²) >= 11 is 0. The summed E-state index contributed by atoms with van der Waals surface area (Å²) in [5.41, 5.74) is 0. The fourth-order valence-electron chi connectivity index (χ4n) is 3.28. The van der Waals surface area contributed by atoms with Gasteiger partial charge in [-0.1, -0.05) is 87.5 Å². The molecule has 134 valence electrons. The Morgan fingerprint density at radius 3 is 1.76 bits per heavy atom. The van der Waals surface area contributed by atoms with Gasteiger partial charge in [-0.25, -0.2) is 0 Å². The van der Waals surface area contributed by atoms with Crippen LogP contribution >= 0.6 is 0 Å². The Balaban J connectivity index is 2.70. The Labute approximate surface area is 151 Å². The van der Waals surface area contributed by atoms with Crippen molar-refractivity contribution in [3.05, 3.63) is 73.3 Å². The van der Waals surface area contributed by atoms with Crippen LogP contribution in [0.1, 0.15) is 20.8 Å². The number of aliphatic hydroxyl groups excluding tert-OH is 2. The molecule has 0 amide bonds. The zero-order valence-corrected chi connectivity index (χ0v) is 16.2. The van der Waals surface area contributed by atoms with Crippen molar-refractivity contribution < 1.29 is 14.6 Å². The van der Waals surface area contributed by atoms with Crippen LogP contribution < -0.4 is 10.4 Å². The molecule has 2 atom stereocenters. The highest BCUT2D eigenvalue weighted by atomic mass is 28.4. The van der Waals surface area contributed by atoms with Gasteiger partial charge in [0.1, 0.15) is 6.10 Å². The van der Waals surface area contributed by atoms with Crippen molar-refractivity contribution in [2.24, 2.45) is 0 Å². The predicted octanol–water partition coefficient (Wildman–Crippen LogP) is 2.47. The minimum Gasteiger partial charge on any atom is -0.398 e. The Morgan fingerprint density at radius 1 is 1.00 bits per heavy atom. The van der Waals surface area contributed by atoms with E-state index in [1.165, 1.54) is 0 Å². The summed E-state index contributed by atoms with van der Waals surface area (Å²) in [7, 11) is -2.75. The lowest BCUT2D eigenvalue weighted by Crippen LogP contribution is -2.68. The van der Waals surface area contributed by atoms with Crippen LogP contribution in [0.25, 0.3) is 0 Å². The van der Waals surface area contributed by atoms with Crippen molar-refractivity contribution >= 4 is 18.7 Å². The van der Waals surface area contributed by atoms with Gasteiger partial charge in [0.25, 0.3) is 8.32 Å². The second kappa shape index (κ2) is 8.10. The number of rotatable bonds is 7. The maximum Gasteiger partial charge on any atom is 0.262 e. The molecular weight excluding hydrogens is 328 g/mol. The standard InChI is InChI=1S/C21H28O3Si/c1-5-20(19(23)16-22)24-25(21(2,3)4,17-12-8-6-9-13-17)18-14-10-7-11-15-18/h5-15,19-20,22-23H,1,16H2,2-4H3/t19-,20+/m1/s1. The molecule has 0 saturated carbocycles. The molecule has 2 rings (SSSR count). The molecule has 0 saturated heterocycles. The first-order valence-corrected chi connectivity index (χ1v) is 10.5. The SMILES string of the molecule is C=C[C@H](O[Si](c1ccccc1)(c1ccccc1)C(C)(C)C)[C@H](O)CO. The van der Waals surface area contributed by atoms with Crippen molar-refractivity contribution in [2.45, 2.75) is 38.0 Å². The smallest absolute Gasteiger partial charge is 0.262 e. The summed E-state index contributed by atoms with van der Waals surface area (Å²) in [6, 6.07) is 20.4. The lowest BCUT2D eigenvalue weighted by atomic mass is 10.2. The molecule has 0 spiro atoms. The summed E-state index contributed by atoms with van der Waals surface area (Å²) < 4.78 is 6.69. The average molecular weight is 357 g/mol. The summed E-state index contributed by atoms with van der Waals surface area (Å²) in [6.07, 6.45) is -0.0595. The molecule has 3 nitrogen and oxygen atoms in total. The minimum absolute atomic E-state index is 0.188. The molecule has 4 heteroatoms. The first-order valence-electron chi connectivity index (χ1n) is 8.57. The van der Waals surface area contributed by atoms with Crippen molar-refractivity contribution in [1.82, 2.24) is 0 Å². The molecule has 0 aliphatic rings. The predicted molar refractivity (Wildman–Crippen MR) is 106 cm³/mol. The molecule has 0 unspecified atom stereocenters. The van der Waals surface area contributed by atoms with E-state index in [4.69, 9.17) is 4.43 Å². The van der Waals surface area contributed by atoms with Crippen LogP contribution in [0.3, 0.4) is 0 Å². The monoisotopic (exact) mass is 356 g/mol. The van der Waals surface area contributed by atoms with Gasteiger partial charge in [0, 0.05) is 0 Å². The molecule has 2 N–H and O–H groups in total. The molecule has 25 heavy (non-hydrogen) atoms. The zero-order valence-electron chi connectivity index (χ0n) is 15.2. The fourth-order valence-corrected chi connectivity index (χ4v) is 7.96. The third-order valence-corrected chi connectivity index (χ3v) is 9.56. The van der Waals surface area contributed by atoms with Gasteiger partial charge in [0.15, 0.2) is 0 Å². The highest BCUT2D eigenvalue weighted by Crippen LogP contribution is 2.37. The fraction of sp³-hybridized carbons (Fsp3) is 0.333. The quantitative estimate of drug-likeness (QED) is 0.592. The van der Waals surface area contributed by atoms with Crippen LogP contribution in [0.4, 0.5) is 0 Å². The Bertz CT molecular complexity index is 625. The Morgan fingerprint density at radius 2 is 1.44 bits per heavy atom. The third-order valence-electron chi connectivity index (χ3n) is 4.53. The van der Waals surface area contributed by atoms with E-state index < -0.39 is 20.5 Å². The van der Waals surface area contributed by atoms with E-state index in [0.29, 0.717) is 0 Å². The van der Waals surface area contributed by atoms with Crippen molar-refractivity contribution in [3.8, 4) is 0 Å². The topological polar surface area (TPSA) is 49.7 Å². The van der Waals surface area contributed by atoms with Gasteiger partial charge in [0.05, 0.1) is 12.7 Å². The van der Waals surface area contributed by atoms with Crippen LogP contribution in [0.5, 0.6) is 0 Å². The van der Waals surface area contributed by atoms with E-state index >= 15 is 0 Å². The van der Waals surface area contributed by atoms with Gasteiger partial charge in [-0.05, 0) is 15.4 Å². The number of benzene rings is 2. The van der Waals surface area contributed by atoms with Gasteiger partial charge in [-0.2, -0.15) is 0 Å². The highest BCUT2D eigenvalue weighted by Gasteiger charge is 2.51. The Hall–Kier alpha value is -1.72. The molecule has 0 bridgehead atoms. The van der Waals surface area contributed by atoms with Crippen LogP contribution in [-0.4, -0.2) is 37.3 Å². The summed E-state index contributed by atoms with van der Waals surface area (Å²) in [5, 5.41) is 21.7. The van der Waals surface area contributed by atoms with Crippen molar-refractivity contribution in [2.75, 3.05) is 6.61 Å². The summed E-state index contributed by atoms with van der Waals surface area (Å²) in [4.78, 5) is 0. The number of aliphatic hydroxyl groups is 2. The molecule has 0 heterocycles. The second-order valence-corrected chi connectivity index (χ2v) is 11.5. The van der Waals surface area contributed by atoms with Gasteiger partial charge in [-0.15, -0.1) is 6.58 Å². The molecule has 0 aliphatic carbocycles. The van der Waals surface area contributed by atoms with E-state index in [1.54, 1.807) is 6.08 Å². The first-order chi connectivity index (χ1) is 11.9. The molecule has 0 radical (unpaired) electrons. The summed E-state index contributed by atoms with van der Waals surface area (Å²) in [6.45, 7) is 9.96. The third kappa shape index (κ3) is 3.93. The average Bonchev–Trinajstić information content (AvgIpc) is 2.62. The lowest BCUT2D eigenvalue weighted by Gasteiger charge is -2.45. The minimum atomic E-state index is -2.75. The number of hydrogen-bond acceptors (Lipinski definition) is 3. The van der Waals surface area contributed by atoms with Gasteiger partial charge < -0.3 is 14.6 Å². The van der Waals surface area contributed by atoms with E-state index in [-0.39, 0.29) is 11.6 Å². The Kier molecular flexibility index (Phi) is 6.35. The van der Waals surface area contributed by atoms with Crippen LogP contribution in [-0.2, 0) is 4.43 Å². The summed E-state index contributed by atoms with van der Waals surface area (Å²) in [5.74, 6) is 0. The molecular formula is C21H28O3Si. The van der Waals surface area contributed by atoms with Crippen LogP contribution in [0, 0.1) is 0 Å². The van der Waals surface area contributed by atoms with E-state index in [9.17, 15) is 10.2 Å². The highest BCUT2D eigenvalue weighted by molar-refractivity contribution is 6.99. The van der Waals surface area contributed by atoms with Gasteiger partial charge >= 0.3 is 0 Å². The molecule has 0 aliphatic heterocycles. The molecule has 2 aromatic rings. The first kappa shape index (κ1) is 19.6. The maximum atomic E-state index is 10.2.